The van der Waals surface area contributed by atoms with Crippen LogP contribution in [0.3, 0.4) is 0 Å². The van der Waals surface area contributed by atoms with E-state index in [1.807, 2.05) is 24.0 Å². The fourth-order valence-corrected chi connectivity index (χ4v) is 4.04. The molecule has 2 aromatic rings. The number of carbonyl (C=O) groups is 1. The SMILES string of the molecule is Cc1nc(C(=O)N2CCC(CN3CCOCC3)CC2)nn1-c1ccc(Cl)cc1. The van der Waals surface area contributed by atoms with Gasteiger partial charge in [0.15, 0.2) is 0 Å². The molecule has 1 aromatic carbocycles. The molecule has 7 nitrogen and oxygen atoms in total. The second kappa shape index (κ2) is 8.59. The molecule has 0 aliphatic carbocycles. The van der Waals surface area contributed by atoms with Gasteiger partial charge in [0.2, 0.25) is 5.82 Å². The summed E-state index contributed by atoms with van der Waals surface area (Å²) in [5.41, 5.74) is 0.845. The van der Waals surface area contributed by atoms with E-state index in [0.717, 1.165) is 64.5 Å². The first-order chi connectivity index (χ1) is 13.6. The summed E-state index contributed by atoms with van der Waals surface area (Å²) in [6, 6.07) is 7.35. The van der Waals surface area contributed by atoms with Gasteiger partial charge in [0.05, 0.1) is 18.9 Å². The average Bonchev–Trinajstić information content (AvgIpc) is 3.11. The van der Waals surface area contributed by atoms with E-state index in [0.29, 0.717) is 16.8 Å². The molecule has 2 aliphatic rings. The summed E-state index contributed by atoms with van der Waals surface area (Å²) >= 11 is 5.95. The topological polar surface area (TPSA) is 63.5 Å². The summed E-state index contributed by atoms with van der Waals surface area (Å²) in [5.74, 6) is 1.51. The molecular weight excluding hydrogens is 378 g/mol. The lowest BCUT2D eigenvalue weighted by Gasteiger charge is -2.35. The zero-order valence-electron chi connectivity index (χ0n) is 16.2. The second-order valence-electron chi connectivity index (χ2n) is 7.52. The highest BCUT2D eigenvalue weighted by Crippen LogP contribution is 2.21. The fourth-order valence-electron chi connectivity index (χ4n) is 3.92. The summed E-state index contributed by atoms with van der Waals surface area (Å²) in [4.78, 5) is 21.7. The van der Waals surface area contributed by atoms with Crippen molar-refractivity contribution in [3.05, 3.63) is 40.9 Å². The van der Waals surface area contributed by atoms with Crippen molar-refractivity contribution in [3.8, 4) is 5.69 Å². The monoisotopic (exact) mass is 403 g/mol. The molecule has 0 saturated carbocycles. The molecule has 0 bridgehead atoms. The lowest BCUT2D eigenvalue weighted by Crippen LogP contribution is -2.44. The number of hydrogen-bond acceptors (Lipinski definition) is 5. The third-order valence-corrected chi connectivity index (χ3v) is 5.81. The van der Waals surface area contributed by atoms with E-state index in [-0.39, 0.29) is 11.7 Å². The number of piperidine rings is 1. The zero-order valence-corrected chi connectivity index (χ0v) is 16.9. The zero-order chi connectivity index (χ0) is 19.5. The van der Waals surface area contributed by atoms with E-state index in [9.17, 15) is 4.79 Å². The number of carbonyl (C=O) groups excluding carboxylic acids is 1. The first-order valence-electron chi connectivity index (χ1n) is 9.89. The normalized spacial score (nSPS) is 19.1. The number of benzene rings is 1. The quantitative estimate of drug-likeness (QED) is 0.784. The van der Waals surface area contributed by atoms with Gasteiger partial charge in [-0.05, 0) is 49.9 Å². The number of aromatic nitrogens is 3. The Hall–Kier alpha value is -1.96. The number of ether oxygens (including phenoxy) is 1. The van der Waals surface area contributed by atoms with Crippen molar-refractivity contribution in [1.82, 2.24) is 24.6 Å². The molecule has 0 atom stereocenters. The third kappa shape index (κ3) is 4.37. The fraction of sp³-hybridized carbons (Fsp3) is 0.550. The van der Waals surface area contributed by atoms with Crippen LogP contribution in [-0.2, 0) is 4.74 Å². The average molecular weight is 404 g/mol. The van der Waals surface area contributed by atoms with E-state index in [1.54, 1.807) is 16.8 Å². The highest BCUT2D eigenvalue weighted by Gasteiger charge is 2.28. The smallest absolute Gasteiger partial charge is 0.293 e. The Balaban J connectivity index is 1.36. The second-order valence-corrected chi connectivity index (χ2v) is 7.96. The third-order valence-electron chi connectivity index (χ3n) is 5.55. The van der Waals surface area contributed by atoms with Crippen molar-refractivity contribution in [2.24, 2.45) is 5.92 Å². The van der Waals surface area contributed by atoms with Gasteiger partial charge in [0.25, 0.3) is 5.91 Å². The lowest BCUT2D eigenvalue weighted by molar-refractivity contribution is 0.0242. The maximum atomic E-state index is 12.9. The molecule has 2 saturated heterocycles. The van der Waals surface area contributed by atoms with Gasteiger partial charge >= 0.3 is 0 Å². The van der Waals surface area contributed by atoms with Crippen LogP contribution in [0.1, 0.15) is 29.3 Å². The Morgan fingerprint density at radius 2 is 1.82 bits per heavy atom. The molecule has 0 radical (unpaired) electrons. The summed E-state index contributed by atoms with van der Waals surface area (Å²) in [6.45, 7) is 8.19. The largest absolute Gasteiger partial charge is 0.379 e. The molecule has 0 unspecified atom stereocenters. The molecule has 28 heavy (non-hydrogen) atoms. The van der Waals surface area contributed by atoms with Gasteiger partial charge in [-0.2, -0.15) is 0 Å². The Labute approximate surface area is 170 Å². The van der Waals surface area contributed by atoms with Crippen molar-refractivity contribution >= 4 is 17.5 Å². The van der Waals surface area contributed by atoms with Gasteiger partial charge < -0.3 is 9.64 Å². The van der Waals surface area contributed by atoms with Crippen LogP contribution in [0.5, 0.6) is 0 Å². The molecule has 0 spiro atoms. The van der Waals surface area contributed by atoms with Gasteiger partial charge in [-0.3, -0.25) is 9.69 Å². The van der Waals surface area contributed by atoms with E-state index in [1.165, 1.54) is 0 Å². The molecule has 3 heterocycles. The highest BCUT2D eigenvalue weighted by atomic mass is 35.5. The van der Waals surface area contributed by atoms with Gasteiger partial charge in [-0.25, -0.2) is 9.67 Å². The van der Waals surface area contributed by atoms with Crippen LogP contribution in [0, 0.1) is 12.8 Å². The van der Waals surface area contributed by atoms with Crippen molar-refractivity contribution in [2.45, 2.75) is 19.8 Å². The Morgan fingerprint density at radius 1 is 1.14 bits per heavy atom. The van der Waals surface area contributed by atoms with Crippen LogP contribution >= 0.6 is 11.6 Å². The Bertz CT molecular complexity index is 809. The van der Waals surface area contributed by atoms with E-state index in [2.05, 4.69) is 15.0 Å². The predicted octanol–water partition coefficient (Wildman–Crippen LogP) is 2.41. The molecule has 0 N–H and O–H groups in total. The first-order valence-corrected chi connectivity index (χ1v) is 10.3. The molecule has 1 amide bonds. The molecule has 150 valence electrons. The number of hydrogen-bond donors (Lipinski definition) is 0. The summed E-state index contributed by atoms with van der Waals surface area (Å²) < 4.78 is 7.11. The van der Waals surface area contributed by atoms with Crippen LogP contribution in [0.4, 0.5) is 0 Å². The maximum Gasteiger partial charge on any atom is 0.293 e. The van der Waals surface area contributed by atoms with Crippen LogP contribution < -0.4 is 0 Å². The minimum atomic E-state index is -0.0827. The van der Waals surface area contributed by atoms with Gasteiger partial charge in [-0.15, -0.1) is 5.10 Å². The molecule has 4 rings (SSSR count). The van der Waals surface area contributed by atoms with Gasteiger partial charge in [-0.1, -0.05) is 11.6 Å². The Morgan fingerprint density at radius 3 is 2.50 bits per heavy atom. The minimum Gasteiger partial charge on any atom is -0.379 e. The summed E-state index contributed by atoms with van der Waals surface area (Å²) in [6.07, 6.45) is 2.06. The van der Waals surface area contributed by atoms with Crippen molar-refractivity contribution in [1.29, 1.82) is 0 Å². The summed E-state index contributed by atoms with van der Waals surface area (Å²) in [5, 5.41) is 5.11. The molecule has 1 aromatic heterocycles. The van der Waals surface area contributed by atoms with Gasteiger partial charge in [0.1, 0.15) is 5.82 Å². The molecule has 2 fully saturated rings. The number of aryl methyl sites for hydroxylation is 1. The number of likely N-dealkylation sites (tertiary alicyclic amines) is 1. The van der Waals surface area contributed by atoms with Crippen molar-refractivity contribution < 1.29 is 9.53 Å². The number of amides is 1. The lowest BCUT2D eigenvalue weighted by atomic mass is 9.96. The number of nitrogens with zero attached hydrogens (tertiary/aromatic N) is 5. The van der Waals surface area contributed by atoms with E-state index >= 15 is 0 Å². The van der Waals surface area contributed by atoms with Crippen LogP contribution in [0.25, 0.3) is 5.69 Å². The van der Waals surface area contributed by atoms with Crippen LogP contribution in [0.2, 0.25) is 5.02 Å². The van der Waals surface area contributed by atoms with Crippen molar-refractivity contribution in [3.63, 3.8) is 0 Å². The van der Waals surface area contributed by atoms with Crippen LogP contribution in [0.15, 0.2) is 24.3 Å². The van der Waals surface area contributed by atoms with Crippen LogP contribution in [-0.4, -0.2) is 76.4 Å². The highest BCUT2D eigenvalue weighted by molar-refractivity contribution is 6.30. The number of morpholine rings is 1. The first kappa shape index (κ1) is 19.4. The number of rotatable bonds is 4. The molecule has 8 heteroatoms. The van der Waals surface area contributed by atoms with Crippen molar-refractivity contribution in [2.75, 3.05) is 45.9 Å². The predicted molar refractivity (Wildman–Crippen MR) is 107 cm³/mol. The Kier molecular flexibility index (Phi) is 5.94. The standard InChI is InChI=1S/C20H26ClN5O2/c1-15-22-19(23-26(15)18-4-2-17(21)3-5-18)20(27)25-8-6-16(7-9-25)14-24-10-12-28-13-11-24/h2-5,16H,6-14H2,1H3. The summed E-state index contributed by atoms with van der Waals surface area (Å²) in [7, 11) is 0. The van der Waals surface area contributed by atoms with Gasteiger partial charge in [0, 0.05) is 37.7 Å². The molecule has 2 aliphatic heterocycles. The number of halogens is 1. The molecular formula is C20H26ClN5O2. The van der Waals surface area contributed by atoms with E-state index in [4.69, 9.17) is 16.3 Å². The maximum absolute atomic E-state index is 12.9. The van der Waals surface area contributed by atoms with E-state index < -0.39 is 0 Å². The minimum absolute atomic E-state index is 0.0827.